The van der Waals surface area contributed by atoms with E-state index in [2.05, 4.69) is 10.4 Å². The lowest BCUT2D eigenvalue weighted by Crippen LogP contribution is -2.26. The third-order valence-corrected chi connectivity index (χ3v) is 4.57. The van der Waals surface area contributed by atoms with Crippen LogP contribution in [0.3, 0.4) is 0 Å². The number of thioether (sulfide) groups is 1. The van der Waals surface area contributed by atoms with Crippen LogP contribution in [0.15, 0.2) is 30.3 Å². The van der Waals surface area contributed by atoms with Gasteiger partial charge in [-0.3, -0.25) is 4.79 Å². The van der Waals surface area contributed by atoms with Crippen molar-refractivity contribution in [3.05, 3.63) is 47.3 Å². The SMILES string of the molecule is Cc1nn(-c2ccccc2)c(C)c1C(=O)NCCSCCCO. The second-order valence-electron chi connectivity index (χ2n) is 5.24. The minimum Gasteiger partial charge on any atom is -0.396 e. The molecule has 2 rings (SSSR count). The van der Waals surface area contributed by atoms with E-state index in [-0.39, 0.29) is 12.5 Å². The molecule has 0 spiro atoms. The van der Waals surface area contributed by atoms with Crippen LogP contribution in [-0.2, 0) is 0 Å². The number of nitrogens with zero attached hydrogens (tertiary/aromatic N) is 2. The Morgan fingerprint density at radius 2 is 2.00 bits per heavy atom. The molecule has 0 unspecified atom stereocenters. The molecule has 2 N–H and O–H groups in total. The van der Waals surface area contributed by atoms with Crippen LogP contribution in [0.5, 0.6) is 0 Å². The van der Waals surface area contributed by atoms with E-state index < -0.39 is 0 Å². The second-order valence-corrected chi connectivity index (χ2v) is 6.46. The van der Waals surface area contributed by atoms with Gasteiger partial charge in [-0.2, -0.15) is 16.9 Å². The summed E-state index contributed by atoms with van der Waals surface area (Å²) in [6.07, 6.45) is 0.792. The summed E-state index contributed by atoms with van der Waals surface area (Å²) < 4.78 is 1.81. The fraction of sp³-hybridized carbons (Fsp3) is 0.412. The Balaban J connectivity index is 2.00. The molecule has 124 valence electrons. The Kier molecular flexibility index (Phi) is 6.67. The predicted molar refractivity (Wildman–Crippen MR) is 94.4 cm³/mol. The van der Waals surface area contributed by atoms with Crippen LogP contribution in [0, 0.1) is 13.8 Å². The first kappa shape index (κ1) is 17.6. The average molecular weight is 333 g/mol. The number of carbonyl (C=O) groups excluding carboxylic acids is 1. The third-order valence-electron chi connectivity index (χ3n) is 3.50. The maximum Gasteiger partial charge on any atom is 0.255 e. The van der Waals surface area contributed by atoms with Crippen LogP contribution in [0.25, 0.3) is 5.69 Å². The van der Waals surface area contributed by atoms with Gasteiger partial charge in [0.05, 0.1) is 22.6 Å². The molecule has 1 heterocycles. The maximum absolute atomic E-state index is 12.4. The second kappa shape index (κ2) is 8.74. The zero-order valence-electron chi connectivity index (χ0n) is 13.6. The van der Waals surface area contributed by atoms with Gasteiger partial charge in [-0.1, -0.05) is 18.2 Å². The number of benzene rings is 1. The van der Waals surface area contributed by atoms with Gasteiger partial charge in [0.2, 0.25) is 0 Å². The number of hydrogen-bond acceptors (Lipinski definition) is 4. The van der Waals surface area contributed by atoms with Crippen molar-refractivity contribution < 1.29 is 9.90 Å². The van der Waals surface area contributed by atoms with Crippen molar-refractivity contribution in [3.63, 3.8) is 0 Å². The molecular formula is C17H23N3O2S. The fourth-order valence-corrected chi connectivity index (χ4v) is 3.17. The number of aliphatic hydroxyl groups excluding tert-OH is 1. The van der Waals surface area contributed by atoms with Gasteiger partial charge in [-0.05, 0) is 38.2 Å². The van der Waals surface area contributed by atoms with E-state index in [1.165, 1.54) is 0 Å². The van der Waals surface area contributed by atoms with Crippen LogP contribution >= 0.6 is 11.8 Å². The van der Waals surface area contributed by atoms with E-state index in [4.69, 9.17) is 5.11 Å². The Hall–Kier alpha value is -1.79. The number of para-hydroxylation sites is 1. The molecule has 2 aromatic rings. The summed E-state index contributed by atoms with van der Waals surface area (Å²) in [4.78, 5) is 12.4. The first-order valence-electron chi connectivity index (χ1n) is 7.73. The molecule has 0 radical (unpaired) electrons. The van der Waals surface area contributed by atoms with Gasteiger partial charge in [0, 0.05) is 18.9 Å². The molecule has 1 amide bonds. The summed E-state index contributed by atoms with van der Waals surface area (Å²) in [5.41, 5.74) is 3.18. The lowest BCUT2D eigenvalue weighted by atomic mass is 10.2. The first-order chi connectivity index (χ1) is 11.1. The van der Waals surface area contributed by atoms with Crippen LogP contribution < -0.4 is 5.32 Å². The largest absolute Gasteiger partial charge is 0.396 e. The van der Waals surface area contributed by atoms with Gasteiger partial charge in [0.25, 0.3) is 5.91 Å². The van der Waals surface area contributed by atoms with Crippen molar-refractivity contribution in [1.82, 2.24) is 15.1 Å². The standard InChI is InChI=1S/C17H23N3O2S/c1-13-16(17(22)18-9-12-23-11-6-10-21)14(2)20(19-13)15-7-4-3-5-8-15/h3-5,7-8,21H,6,9-12H2,1-2H3,(H,18,22). The highest BCUT2D eigenvalue weighted by molar-refractivity contribution is 7.99. The van der Waals surface area contributed by atoms with Crippen molar-refractivity contribution in [3.8, 4) is 5.69 Å². The van der Waals surface area contributed by atoms with E-state index in [1.54, 1.807) is 16.4 Å². The molecule has 6 heteroatoms. The van der Waals surface area contributed by atoms with Crippen molar-refractivity contribution in [2.45, 2.75) is 20.3 Å². The number of aryl methyl sites for hydroxylation is 1. The van der Waals surface area contributed by atoms with E-state index in [0.29, 0.717) is 12.1 Å². The highest BCUT2D eigenvalue weighted by atomic mass is 32.2. The Bertz CT molecular complexity index is 641. The van der Waals surface area contributed by atoms with Gasteiger partial charge < -0.3 is 10.4 Å². The minimum absolute atomic E-state index is 0.0788. The summed E-state index contributed by atoms with van der Waals surface area (Å²) in [5.74, 6) is 1.68. The van der Waals surface area contributed by atoms with Gasteiger partial charge in [0.1, 0.15) is 0 Å². The molecule has 0 aliphatic heterocycles. The quantitative estimate of drug-likeness (QED) is 0.728. The van der Waals surface area contributed by atoms with Crippen molar-refractivity contribution in [1.29, 1.82) is 0 Å². The van der Waals surface area contributed by atoms with Gasteiger partial charge in [0.15, 0.2) is 0 Å². The molecule has 1 aromatic carbocycles. The molecule has 0 bridgehead atoms. The predicted octanol–water partition coefficient (Wildman–Crippen LogP) is 2.33. The highest BCUT2D eigenvalue weighted by Gasteiger charge is 2.18. The molecule has 0 aliphatic carbocycles. The smallest absolute Gasteiger partial charge is 0.255 e. The van der Waals surface area contributed by atoms with Crippen molar-refractivity contribution in [2.24, 2.45) is 0 Å². The molecule has 0 atom stereocenters. The highest BCUT2D eigenvalue weighted by Crippen LogP contribution is 2.17. The van der Waals surface area contributed by atoms with E-state index in [1.807, 2.05) is 44.2 Å². The van der Waals surface area contributed by atoms with E-state index in [0.717, 1.165) is 35.0 Å². The number of amides is 1. The normalized spacial score (nSPS) is 10.7. The van der Waals surface area contributed by atoms with Crippen LogP contribution in [-0.4, -0.2) is 45.5 Å². The van der Waals surface area contributed by atoms with Gasteiger partial charge >= 0.3 is 0 Å². The molecule has 1 aromatic heterocycles. The fourth-order valence-electron chi connectivity index (χ4n) is 2.39. The zero-order valence-corrected chi connectivity index (χ0v) is 14.4. The molecular weight excluding hydrogens is 310 g/mol. The van der Waals surface area contributed by atoms with E-state index in [9.17, 15) is 4.79 Å². The average Bonchev–Trinajstić information content (AvgIpc) is 2.86. The van der Waals surface area contributed by atoms with E-state index >= 15 is 0 Å². The molecule has 0 fully saturated rings. The Morgan fingerprint density at radius 3 is 2.70 bits per heavy atom. The first-order valence-corrected chi connectivity index (χ1v) is 8.89. The number of carbonyl (C=O) groups is 1. The lowest BCUT2D eigenvalue weighted by Gasteiger charge is -2.07. The zero-order chi connectivity index (χ0) is 16.7. The van der Waals surface area contributed by atoms with Crippen LogP contribution in [0.1, 0.15) is 28.2 Å². The number of hydrogen-bond donors (Lipinski definition) is 2. The monoisotopic (exact) mass is 333 g/mol. The number of rotatable bonds is 8. The minimum atomic E-state index is -0.0788. The Labute approximate surface area is 141 Å². The van der Waals surface area contributed by atoms with Crippen molar-refractivity contribution in [2.75, 3.05) is 24.7 Å². The molecule has 0 aliphatic rings. The maximum atomic E-state index is 12.4. The summed E-state index contributed by atoms with van der Waals surface area (Å²) in [7, 11) is 0. The molecule has 0 saturated carbocycles. The summed E-state index contributed by atoms with van der Waals surface area (Å²) >= 11 is 1.73. The Morgan fingerprint density at radius 1 is 1.26 bits per heavy atom. The third kappa shape index (κ3) is 4.59. The number of aliphatic hydroxyl groups is 1. The van der Waals surface area contributed by atoms with Crippen LogP contribution in [0.4, 0.5) is 0 Å². The van der Waals surface area contributed by atoms with Gasteiger partial charge in [-0.25, -0.2) is 4.68 Å². The summed E-state index contributed by atoms with van der Waals surface area (Å²) in [5, 5.41) is 16.2. The summed E-state index contributed by atoms with van der Waals surface area (Å²) in [6, 6.07) is 9.80. The molecule has 0 saturated heterocycles. The molecule has 5 nitrogen and oxygen atoms in total. The number of nitrogens with one attached hydrogen (secondary N) is 1. The van der Waals surface area contributed by atoms with Crippen molar-refractivity contribution >= 4 is 17.7 Å². The molecule has 23 heavy (non-hydrogen) atoms. The lowest BCUT2D eigenvalue weighted by molar-refractivity contribution is 0.0955. The van der Waals surface area contributed by atoms with Gasteiger partial charge in [-0.15, -0.1) is 0 Å². The number of aromatic nitrogens is 2. The topological polar surface area (TPSA) is 67.2 Å². The van der Waals surface area contributed by atoms with Crippen LogP contribution in [0.2, 0.25) is 0 Å². The summed E-state index contributed by atoms with van der Waals surface area (Å²) in [6.45, 7) is 4.61.